The summed E-state index contributed by atoms with van der Waals surface area (Å²) < 4.78 is 4.95. The first-order chi connectivity index (χ1) is 14.0. The zero-order valence-electron chi connectivity index (χ0n) is 16.7. The van der Waals surface area contributed by atoms with Crippen molar-refractivity contribution < 1.29 is 39.2 Å². The summed E-state index contributed by atoms with van der Waals surface area (Å²) in [6.07, 6.45) is -2.74. The number of thioether (sulfide) groups is 2. The fourth-order valence-electron chi connectivity index (χ4n) is 3.27. The van der Waals surface area contributed by atoms with Crippen molar-refractivity contribution >= 4 is 45.8 Å². The lowest BCUT2D eigenvalue weighted by molar-refractivity contribution is -0.151. The second-order valence-electron chi connectivity index (χ2n) is 6.81. The van der Waals surface area contributed by atoms with Gasteiger partial charge < -0.3 is 20.1 Å². The van der Waals surface area contributed by atoms with Crippen LogP contribution in [0.1, 0.15) is 37.9 Å². The van der Waals surface area contributed by atoms with Crippen LogP contribution in [0.4, 0.5) is 4.79 Å². The molecule has 2 unspecified atom stereocenters. The zero-order chi connectivity index (χ0) is 22.6. The number of aromatic hydroxyl groups is 2. The molecule has 0 fully saturated rings. The van der Waals surface area contributed by atoms with Crippen molar-refractivity contribution in [1.29, 1.82) is 0 Å². The maximum absolute atomic E-state index is 13.4. The minimum Gasteiger partial charge on any atom is -0.504 e. The van der Waals surface area contributed by atoms with E-state index in [0.717, 1.165) is 23.5 Å². The van der Waals surface area contributed by atoms with E-state index in [2.05, 4.69) is 0 Å². The molecule has 2 atom stereocenters. The van der Waals surface area contributed by atoms with Gasteiger partial charge in [0.2, 0.25) is 5.91 Å². The molecule has 30 heavy (non-hydrogen) atoms. The highest BCUT2D eigenvalue weighted by molar-refractivity contribution is 8.14. The smallest absolute Gasteiger partial charge is 0.504 e. The van der Waals surface area contributed by atoms with Gasteiger partial charge in [-0.15, -0.1) is 0 Å². The van der Waals surface area contributed by atoms with Gasteiger partial charge in [0.05, 0.1) is 12.0 Å². The first-order valence-electron chi connectivity index (χ1n) is 9.04. The number of rotatable bonds is 6. The van der Waals surface area contributed by atoms with E-state index in [1.165, 1.54) is 30.9 Å². The molecule has 3 N–H and O–H groups in total. The molecule has 11 heteroatoms. The average molecular weight is 458 g/mol. The monoisotopic (exact) mass is 457 g/mol. The summed E-state index contributed by atoms with van der Waals surface area (Å²) >= 11 is 1.90. The Bertz CT molecular complexity index is 841. The van der Waals surface area contributed by atoms with Gasteiger partial charge in [0.25, 0.3) is 0 Å². The Morgan fingerprint density at radius 1 is 1.10 bits per heavy atom. The van der Waals surface area contributed by atoms with E-state index in [1.807, 2.05) is 0 Å². The first-order valence-corrected chi connectivity index (χ1v) is 11.0. The maximum Gasteiger partial charge on any atom is 0.507 e. The van der Waals surface area contributed by atoms with Crippen molar-refractivity contribution in [2.24, 2.45) is 5.92 Å². The molecule has 0 spiro atoms. The fraction of sp³-hybridized carbons (Fsp3) is 0.474. The molecule has 0 radical (unpaired) electrons. The highest BCUT2D eigenvalue weighted by atomic mass is 32.2. The summed E-state index contributed by atoms with van der Waals surface area (Å²) in [4.78, 5) is 48.7. The molecule has 1 aromatic rings. The number of carbonyl (C=O) groups is 4. The van der Waals surface area contributed by atoms with Gasteiger partial charge in [-0.3, -0.25) is 19.3 Å². The number of phenolic OH excluding ortho intramolecular Hbond substituents is 2. The predicted octanol–water partition coefficient (Wildman–Crippen LogP) is 2.74. The molecule has 1 aliphatic heterocycles. The average Bonchev–Trinajstić information content (AvgIpc) is 2.62. The third-order valence-corrected chi connectivity index (χ3v) is 6.58. The van der Waals surface area contributed by atoms with Gasteiger partial charge in [-0.2, -0.15) is 0 Å². The standard InChI is InChI=1S/C19H23NO8S2/c1-9-14-6-16(24)15(23)4-12(14)5-17(28-19(26)27)20(9)18(25)13(7-29-10(2)21)8-30-11(3)22/h4,6,9,13,17,23-24H,5,7-8H2,1-3H3,(H,26,27). The molecule has 0 saturated heterocycles. The molecule has 0 aromatic heterocycles. The number of ether oxygens (including phenoxy) is 1. The molecule has 9 nitrogen and oxygen atoms in total. The Morgan fingerprint density at radius 3 is 2.13 bits per heavy atom. The minimum absolute atomic E-state index is 0.0159. The quantitative estimate of drug-likeness (QED) is 0.431. The highest BCUT2D eigenvalue weighted by Crippen LogP contribution is 2.40. The van der Waals surface area contributed by atoms with E-state index in [1.54, 1.807) is 6.92 Å². The van der Waals surface area contributed by atoms with Crippen LogP contribution in [-0.2, 0) is 25.5 Å². The summed E-state index contributed by atoms with van der Waals surface area (Å²) in [6.45, 7) is 4.39. The van der Waals surface area contributed by atoms with Crippen LogP contribution < -0.4 is 0 Å². The number of hydrogen-bond acceptors (Lipinski definition) is 9. The molecular weight excluding hydrogens is 434 g/mol. The van der Waals surface area contributed by atoms with E-state index in [0.29, 0.717) is 11.1 Å². The molecule has 0 aliphatic carbocycles. The van der Waals surface area contributed by atoms with Gasteiger partial charge in [0, 0.05) is 31.8 Å². The summed E-state index contributed by atoms with van der Waals surface area (Å²) in [6, 6.07) is 1.97. The third-order valence-electron chi connectivity index (χ3n) is 4.62. The fourth-order valence-corrected chi connectivity index (χ4v) is 4.81. The van der Waals surface area contributed by atoms with Crippen molar-refractivity contribution in [2.75, 3.05) is 11.5 Å². The number of carbonyl (C=O) groups excluding carboxylic acids is 3. The zero-order valence-corrected chi connectivity index (χ0v) is 18.3. The van der Waals surface area contributed by atoms with E-state index < -0.39 is 30.3 Å². The topological polar surface area (TPSA) is 141 Å². The summed E-state index contributed by atoms with van der Waals surface area (Å²) in [5, 5.41) is 28.4. The van der Waals surface area contributed by atoms with E-state index in [4.69, 9.17) is 9.84 Å². The van der Waals surface area contributed by atoms with Crippen LogP contribution in [0, 0.1) is 5.92 Å². The maximum atomic E-state index is 13.4. The molecule has 1 amide bonds. The van der Waals surface area contributed by atoms with Gasteiger partial charge in [0.15, 0.2) is 28.0 Å². The number of carboxylic acid groups (broad SMARTS) is 1. The van der Waals surface area contributed by atoms with Gasteiger partial charge >= 0.3 is 6.16 Å². The van der Waals surface area contributed by atoms with E-state index >= 15 is 0 Å². The number of benzene rings is 1. The molecule has 1 aliphatic rings. The first kappa shape index (κ1) is 23.9. The van der Waals surface area contributed by atoms with Crippen LogP contribution in [0.15, 0.2) is 12.1 Å². The number of nitrogens with zero attached hydrogens (tertiary/aromatic N) is 1. The van der Waals surface area contributed by atoms with Crippen molar-refractivity contribution in [3.05, 3.63) is 23.3 Å². The van der Waals surface area contributed by atoms with Crippen molar-refractivity contribution in [1.82, 2.24) is 4.90 Å². The summed E-state index contributed by atoms with van der Waals surface area (Å²) in [5.74, 6) is -1.65. The van der Waals surface area contributed by atoms with Crippen LogP contribution >= 0.6 is 23.5 Å². The number of phenols is 2. The van der Waals surface area contributed by atoms with Gasteiger partial charge in [-0.1, -0.05) is 23.5 Å². The SMILES string of the molecule is CC(=O)SCC(CSC(C)=O)C(=O)N1C(OC(=O)O)Cc2cc(O)c(O)cc2C1C. The Kier molecular flexibility index (Phi) is 8.02. The second-order valence-corrected chi connectivity index (χ2v) is 9.20. The molecule has 0 saturated carbocycles. The molecular formula is C19H23NO8S2. The Labute approximate surface area is 181 Å². The van der Waals surface area contributed by atoms with Crippen LogP contribution in [0.3, 0.4) is 0 Å². The Morgan fingerprint density at radius 2 is 1.63 bits per heavy atom. The van der Waals surface area contributed by atoms with Gasteiger partial charge in [-0.05, 0) is 30.2 Å². The van der Waals surface area contributed by atoms with Gasteiger partial charge in [0.1, 0.15) is 0 Å². The number of amides is 1. The Hall–Kier alpha value is -2.40. The van der Waals surface area contributed by atoms with Crippen LogP contribution in [-0.4, -0.2) is 60.2 Å². The Balaban J connectivity index is 2.41. The van der Waals surface area contributed by atoms with Crippen LogP contribution in [0.2, 0.25) is 0 Å². The predicted molar refractivity (Wildman–Crippen MR) is 111 cm³/mol. The number of fused-ring (bicyclic) bond motifs is 1. The van der Waals surface area contributed by atoms with E-state index in [9.17, 15) is 29.4 Å². The van der Waals surface area contributed by atoms with Crippen LogP contribution in [0.25, 0.3) is 0 Å². The van der Waals surface area contributed by atoms with Crippen LogP contribution in [0.5, 0.6) is 11.5 Å². The van der Waals surface area contributed by atoms with Crippen molar-refractivity contribution in [3.8, 4) is 11.5 Å². The summed E-state index contributed by atoms with van der Waals surface area (Å²) in [5.41, 5.74) is 1.09. The van der Waals surface area contributed by atoms with Crippen molar-refractivity contribution in [3.63, 3.8) is 0 Å². The normalized spacial score (nSPS) is 18.1. The molecule has 164 valence electrons. The molecule has 1 heterocycles. The largest absolute Gasteiger partial charge is 0.507 e. The lowest BCUT2D eigenvalue weighted by Gasteiger charge is -2.42. The van der Waals surface area contributed by atoms with Gasteiger partial charge in [-0.25, -0.2) is 4.79 Å². The van der Waals surface area contributed by atoms with E-state index in [-0.39, 0.29) is 39.7 Å². The number of hydrogen-bond donors (Lipinski definition) is 3. The lowest BCUT2D eigenvalue weighted by Crippen LogP contribution is -2.51. The summed E-state index contributed by atoms with van der Waals surface area (Å²) in [7, 11) is 0. The second kappa shape index (κ2) is 10.1. The third kappa shape index (κ3) is 5.82. The molecule has 2 rings (SSSR count). The molecule has 0 bridgehead atoms. The lowest BCUT2D eigenvalue weighted by atomic mass is 9.90. The molecule has 1 aromatic carbocycles. The minimum atomic E-state index is -1.57. The van der Waals surface area contributed by atoms with Crippen molar-refractivity contribution in [2.45, 2.75) is 39.5 Å². The highest BCUT2D eigenvalue weighted by Gasteiger charge is 2.40.